The Morgan fingerprint density at radius 1 is 1.43 bits per heavy atom. The third-order valence-corrected chi connectivity index (χ3v) is 3.74. The number of amides is 1. The van der Waals surface area contributed by atoms with Crippen LogP contribution in [0.3, 0.4) is 0 Å². The number of hydrogen-bond donors (Lipinski definition) is 3. The Bertz CT molecular complexity index is 488. The van der Waals surface area contributed by atoms with Gasteiger partial charge in [0.2, 0.25) is 5.91 Å². The Hall–Kier alpha value is -1.67. The number of thiazole rings is 1. The average molecular weight is 315 g/mol. The fraction of sp³-hybridized carbons (Fsp3) is 0.615. The summed E-state index contributed by atoms with van der Waals surface area (Å²) in [5, 5.41) is 17.2. The molecule has 0 aromatic carbocycles. The van der Waals surface area contributed by atoms with Crippen LogP contribution in [0.1, 0.15) is 26.0 Å². The van der Waals surface area contributed by atoms with Crippen LogP contribution in [0.2, 0.25) is 0 Å². The van der Waals surface area contributed by atoms with Crippen LogP contribution in [-0.2, 0) is 19.7 Å². The second-order valence-electron chi connectivity index (χ2n) is 4.99. The van der Waals surface area contributed by atoms with Crippen LogP contribution in [0.15, 0.2) is 5.38 Å². The van der Waals surface area contributed by atoms with Crippen LogP contribution >= 0.6 is 11.3 Å². The smallest absolute Gasteiger partial charge is 0.315 e. The molecule has 0 radical (unpaired) electrons. The lowest BCUT2D eigenvalue weighted by Crippen LogP contribution is -2.29. The summed E-state index contributed by atoms with van der Waals surface area (Å²) in [4.78, 5) is 26.9. The maximum atomic E-state index is 11.5. The van der Waals surface area contributed by atoms with Crippen molar-refractivity contribution >= 4 is 28.3 Å². The minimum Gasteiger partial charge on any atom is -0.481 e. The maximum Gasteiger partial charge on any atom is 0.315 e. The average Bonchev–Trinajstić information content (AvgIpc) is 2.88. The van der Waals surface area contributed by atoms with E-state index in [0.29, 0.717) is 36.9 Å². The summed E-state index contributed by atoms with van der Waals surface area (Å²) in [7, 11) is 1.58. The minimum atomic E-state index is -1.02. The van der Waals surface area contributed by atoms with Gasteiger partial charge in [-0.15, -0.1) is 11.3 Å². The fourth-order valence-electron chi connectivity index (χ4n) is 1.42. The molecule has 0 spiro atoms. The molecule has 1 rings (SSSR count). The highest BCUT2D eigenvalue weighted by molar-refractivity contribution is 7.13. The molecule has 3 N–H and O–H groups in total. The van der Waals surface area contributed by atoms with Gasteiger partial charge in [-0.3, -0.25) is 9.59 Å². The molecule has 0 unspecified atom stereocenters. The summed E-state index contributed by atoms with van der Waals surface area (Å²) >= 11 is 1.33. The quantitative estimate of drug-likeness (QED) is 0.589. The molecule has 8 heteroatoms. The predicted octanol–water partition coefficient (Wildman–Crippen LogP) is 1.07. The number of carbonyl (C=O) groups excluding carboxylic acids is 1. The lowest BCUT2D eigenvalue weighted by Gasteiger charge is -2.15. The number of anilines is 1. The second kappa shape index (κ2) is 7.94. The highest BCUT2D eigenvalue weighted by Crippen LogP contribution is 2.27. The van der Waals surface area contributed by atoms with E-state index in [0.717, 1.165) is 0 Å². The molecule has 0 fully saturated rings. The Balaban J connectivity index is 2.39. The zero-order chi connectivity index (χ0) is 15.9. The Kier molecular flexibility index (Phi) is 6.57. The first-order chi connectivity index (χ1) is 9.87. The van der Waals surface area contributed by atoms with Gasteiger partial charge in [0.15, 0.2) is 5.13 Å². The largest absolute Gasteiger partial charge is 0.481 e. The van der Waals surface area contributed by atoms with E-state index in [9.17, 15) is 9.59 Å². The highest BCUT2D eigenvalue weighted by Gasteiger charge is 2.32. The molecule has 0 aliphatic carbocycles. The first kappa shape index (κ1) is 17.4. The number of carboxylic acids is 1. The molecule has 1 amide bonds. The van der Waals surface area contributed by atoms with Gasteiger partial charge < -0.3 is 20.5 Å². The number of methoxy groups -OCH3 is 1. The Morgan fingerprint density at radius 2 is 2.14 bits per heavy atom. The first-order valence-electron chi connectivity index (χ1n) is 6.57. The summed E-state index contributed by atoms with van der Waals surface area (Å²) in [5.41, 5.74) is -0.513. The SMILES string of the molecule is COCCNC(=O)CCNc1nc(C(C)(C)C(=O)O)cs1. The van der Waals surface area contributed by atoms with Crippen LogP contribution in [0.25, 0.3) is 0 Å². The van der Waals surface area contributed by atoms with E-state index in [1.807, 2.05) is 0 Å². The van der Waals surface area contributed by atoms with E-state index >= 15 is 0 Å². The molecule has 7 nitrogen and oxygen atoms in total. The molecule has 118 valence electrons. The lowest BCUT2D eigenvalue weighted by atomic mass is 9.90. The van der Waals surface area contributed by atoms with E-state index in [2.05, 4.69) is 15.6 Å². The van der Waals surface area contributed by atoms with Gasteiger partial charge in [0.25, 0.3) is 0 Å². The summed E-state index contributed by atoms with van der Waals surface area (Å²) < 4.78 is 4.83. The summed E-state index contributed by atoms with van der Waals surface area (Å²) in [6, 6.07) is 0. The molecule has 1 heterocycles. The van der Waals surface area contributed by atoms with Crippen LogP contribution in [0, 0.1) is 0 Å². The first-order valence-corrected chi connectivity index (χ1v) is 7.44. The topological polar surface area (TPSA) is 101 Å². The molecule has 0 aliphatic heterocycles. The number of rotatable bonds is 9. The van der Waals surface area contributed by atoms with Crippen molar-refractivity contribution in [2.24, 2.45) is 0 Å². The number of carbonyl (C=O) groups is 2. The number of carboxylic acid groups (broad SMARTS) is 1. The second-order valence-corrected chi connectivity index (χ2v) is 5.85. The summed E-state index contributed by atoms with van der Waals surface area (Å²) in [6.07, 6.45) is 0.320. The van der Waals surface area contributed by atoms with Crippen molar-refractivity contribution < 1.29 is 19.4 Å². The van der Waals surface area contributed by atoms with Crippen molar-refractivity contribution in [3.8, 4) is 0 Å². The van der Waals surface area contributed by atoms with E-state index in [4.69, 9.17) is 9.84 Å². The number of aromatic nitrogens is 1. The maximum absolute atomic E-state index is 11.5. The molecule has 21 heavy (non-hydrogen) atoms. The number of nitrogens with zero attached hydrogens (tertiary/aromatic N) is 1. The normalized spacial score (nSPS) is 11.2. The third-order valence-electron chi connectivity index (χ3n) is 2.94. The van der Waals surface area contributed by atoms with Gasteiger partial charge in [0.05, 0.1) is 12.3 Å². The van der Waals surface area contributed by atoms with E-state index in [1.54, 1.807) is 26.3 Å². The van der Waals surface area contributed by atoms with Crippen molar-refractivity contribution in [1.29, 1.82) is 0 Å². The molecule has 0 saturated carbocycles. The molecule has 0 aliphatic rings. The monoisotopic (exact) mass is 315 g/mol. The van der Waals surface area contributed by atoms with Gasteiger partial charge >= 0.3 is 5.97 Å². The summed E-state index contributed by atoms with van der Waals surface area (Å²) in [6.45, 7) is 4.64. The molecule has 0 atom stereocenters. The number of nitrogens with one attached hydrogen (secondary N) is 2. The summed E-state index contributed by atoms with van der Waals surface area (Å²) in [5.74, 6) is -0.987. The van der Waals surface area contributed by atoms with Crippen LogP contribution in [0.4, 0.5) is 5.13 Å². The van der Waals surface area contributed by atoms with Crippen LogP contribution < -0.4 is 10.6 Å². The van der Waals surface area contributed by atoms with E-state index < -0.39 is 11.4 Å². The van der Waals surface area contributed by atoms with E-state index in [-0.39, 0.29) is 5.91 Å². The fourth-order valence-corrected chi connectivity index (χ4v) is 2.32. The predicted molar refractivity (Wildman–Crippen MR) is 80.8 cm³/mol. The third kappa shape index (κ3) is 5.31. The van der Waals surface area contributed by atoms with Crippen molar-refractivity contribution in [2.75, 3.05) is 32.1 Å². The number of ether oxygens (including phenoxy) is 1. The molecule has 1 aromatic rings. The van der Waals surface area contributed by atoms with Gasteiger partial charge in [-0.1, -0.05) is 0 Å². The van der Waals surface area contributed by atoms with Crippen LogP contribution in [-0.4, -0.2) is 48.8 Å². The van der Waals surface area contributed by atoms with Crippen molar-refractivity contribution in [2.45, 2.75) is 25.7 Å². The minimum absolute atomic E-state index is 0.0674. The standard InChI is InChI=1S/C13H21N3O4S/c1-13(2,11(18)19)9-8-21-12(16-9)15-5-4-10(17)14-6-7-20-3/h8H,4-7H2,1-3H3,(H,14,17)(H,15,16)(H,18,19). The van der Waals surface area contributed by atoms with Gasteiger partial charge in [0, 0.05) is 32.0 Å². The number of hydrogen-bond acceptors (Lipinski definition) is 6. The van der Waals surface area contributed by atoms with Crippen molar-refractivity contribution in [1.82, 2.24) is 10.3 Å². The van der Waals surface area contributed by atoms with Gasteiger partial charge in [0.1, 0.15) is 5.41 Å². The lowest BCUT2D eigenvalue weighted by molar-refractivity contribution is -0.142. The highest BCUT2D eigenvalue weighted by atomic mass is 32.1. The zero-order valence-corrected chi connectivity index (χ0v) is 13.2. The van der Waals surface area contributed by atoms with Gasteiger partial charge in [-0.05, 0) is 13.8 Å². The van der Waals surface area contributed by atoms with Crippen LogP contribution in [0.5, 0.6) is 0 Å². The number of aliphatic carboxylic acids is 1. The van der Waals surface area contributed by atoms with Gasteiger partial charge in [-0.25, -0.2) is 4.98 Å². The van der Waals surface area contributed by atoms with Gasteiger partial charge in [-0.2, -0.15) is 0 Å². The molecule has 0 saturated heterocycles. The van der Waals surface area contributed by atoms with Crippen molar-refractivity contribution in [3.05, 3.63) is 11.1 Å². The van der Waals surface area contributed by atoms with E-state index in [1.165, 1.54) is 11.3 Å². The Morgan fingerprint density at radius 3 is 2.76 bits per heavy atom. The molecule has 1 aromatic heterocycles. The zero-order valence-electron chi connectivity index (χ0n) is 12.4. The molecular formula is C13H21N3O4S. The van der Waals surface area contributed by atoms with Crippen molar-refractivity contribution in [3.63, 3.8) is 0 Å². The molecule has 0 bridgehead atoms. The molecular weight excluding hydrogens is 294 g/mol. The Labute approximate surface area is 127 Å².